The Morgan fingerprint density at radius 3 is 2.55 bits per heavy atom. The zero-order valence-electron chi connectivity index (χ0n) is 29.8. The number of nitrogens with one attached hydrogen (secondary N) is 2. The van der Waals surface area contributed by atoms with Crippen LogP contribution in [-0.4, -0.2) is 95.2 Å². The summed E-state index contributed by atoms with van der Waals surface area (Å²) in [5, 5.41) is 10.5. The number of hydrogen-bond acceptors (Lipinski definition) is 7. The van der Waals surface area contributed by atoms with Crippen LogP contribution in [0.5, 0.6) is 11.5 Å². The fourth-order valence-corrected chi connectivity index (χ4v) is 6.58. The average Bonchev–Trinajstić information content (AvgIpc) is 3.71. The second-order valence-corrected chi connectivity index (χ2v) is 13.2. The van der Waals surface area contributed by atoms with Crippen LogP contribution in [0, 0.1) is 12.7 Å². The average molecular weight is 705 g/mol. The molecule has 0 unspecified atom stereocenters. The van der Waals surface area contributed by atoms with Crippen LogP contribution < -0.4 is 20.1 Å². The van der Waals surface area contributed by atoms with E-state index in [-0.39, 0.29) is 55.3 Å². The number of hydrogen-bond donors (Lipinski definition) is 2. The second-order valence-electron chi connectivity index (χ2n) is 13.2. The molecule has 1 fully saturated rings. The normalized spacial score (nSPS) is 19.4. The molecule has 274 valence electrons. The van der Waals surface area contributed by atoms with Gasteiger partial charge in [0.05, 0.1) is 31.3 Å². The number of likely N-dealkylation sites (tertiary alicyclic amines) is 1. The van der Waals surface area contributed by atoms with Crippen molar-refractivity contribution in [1.82, 2.24) is 30.2 Å². The molecule has 0 spiro atoms. The van der Waals surface area contributed by atoms with Crippen molar-refractivity contribution >= 4 is 23.6 Å². The quantitative estimate of drug-likeness (QED) is 0.399. The molecule has 3 aliphatic heterocycles. The predicted molar refractivity (Wildman–Crippen MR) is 189 cm³/mol. The molecule has 2 N–H and O–H groups in total. The lowest BCUT2D eigenvalue weighted by molar-refractivity contribution is -0.130. The van der Waals surface area contributed by atoms with Gasteiger partial charge in [-0.3, -0.25) is 23.9 Å². The van der Waals surface area contributed by atoms with Gasteiger partial charge >= 0.3 is 0 Å². The van der Waals surface area contributed by atoms with Crippen molar-refractivity contribution in [2.45, 2.75) is 83.9 Å². The number of carbonyl (C=O) groups excluding carboxylic acids is 4. The number of rotatable bonds is 6. The van der Waals surface area contributed by atoms with Crippen molar-refractivity contribution in [3.63, 3.8) is 0 Å². The number of methoxy groups -OCH3 is 1. The number of amides is 4. The number of nitrogens with zero attached hydrogens (tertiary/aromatic N) is 4. The van der Waals surface area contributed by atoms with Crippen LogP contribution in [0.1, 0.15) is 72.6 Å². The summed E-state index contributed by atoms with van der Waals surface area (Å²) in [5.41, 5.74) is 2.67. The zero-order valence-corrected chi connectivity index (χ0v) is 29.8. The maximum Gasteiger partial charge on any atom is 0.258 e. The topological polar surface area (TPSA) is 135 Å². The third-order valence-corrected chi connectivity index (χ3v) is 9.32. The Morgan fingerprint density at radius 2 is 1.78 bits per heavy atom. The van der Waals surface area contributed by atoms with Crippen LogP contribution in [0.3, 0.4) is 0 Å². The summed E-state index contributed by atoms with van der Waals surface area (Å²) in [4.78, 5) is 57.0. The first-order chi connectivity index (χ1) is 24.6. The van der Waals surface area contributed by atoms with E-state index in [0.717, 1.165) is 17.5 Å². The van der Waals surface area contributed by atoms with Gasteiger partial charge in [0.25, 0.3) is 5.91 Å². The fourth-order valence-electron chi connectivity index (χ4n) is 6.58. The van der Waals surface area contributed by atoms with Gasteiger partial charge in [-0.15, -0.1) is 0 Å². The molecule has 2 aromatic carbocycles. The lowest BCUT2D eigenvalue weighted by atomic mass is 10.1. The number of halogens is 1. The van der Waals surface area contributed by atoms with Crippen LogP contribution in [0.25, 0.3) is 0 Å². The number of aromatic nitrogens is 2. The van der Waals surface area contributed by atoms with E-state index in [1.54, 1.807) is 52.9 Å². The minimum absolute atomic E-state index is 0.0893. The van der Waals surface area contributed by atoms with Gasteiger partial charge in [-0.2, -0.15) is 5.10 Å². The summed E-state index contributed by atoms with van der Waals surface area (Å²) < 4.78 is 27.2. The maximum atomic E-state index is 13.9. The number of benzene rings is 2. The van der Waals surface area contributed by atoms with Crippen molar-refractivity contribution in [1.29, 1.82) is 0 Å². The molecule has 0 saturated carbocycles. The number of carbonyl (C=O) groups is 4. The summed E-state index contributed by atoms with van der Waals surface area (Å²) in [5.74, 6) is -0.0821. The molecule has 0 radical (unpaired) electrons. The van der Waals surface area contributed by atoms with Crippen molar-refractivity contribution in [3.8, 4) is 11.5 Å². The Kier molecular flexibility index (Phi) is 13.0. The molecule has 1 aromatic heterocycles. The molecule has 12 nitrogen and oxygen atoms in total. The Labute approximate surface area is 298 Å². The summed E-state index contributed by atoms with van der Waals surface area (Å²) >= 11 is 0. The third kappa shape index (κ3) is 10.1. The predicted octanol–water partition coefficient (Wildman–Crippen LogP) is 3.83. The van der Waals surface area contributed by atoms with Gasteiger partial charge in [0.15, 0.2) is 11.5 Å². The highest BCUT2D eigenvalue weighted by molar-refractivity contribution is 5.98. The molecular formula is C38H49FN6O6. The van der Waals surface area contributed by atoms with Crippen molar-refractivity contribution in [2.75, 3.05) is 39.8 Å². The molecule has 3 aromatic rings. The van der Waals surface area contributed by atoms with Crippen molar-refractivity contribution in [3.05, 3.63) is 76.9 Å². The first-order valence-corrected chi connectivity index (χ1v) is 17.9. The molecule has 4 amide bonds. The fraction of sp³-hybridized carbons (Fsp3) is 0.500. The highest BCUT2D eigenvalue weighted by Crippen LogP contribution is 2.33. The van der Waals surface area contributed by atoms with Crippen LogP contribution >= 0.6 is 0 Å². The molecule has 1 saturated heterocycles. The minimum Gasteiger partial charge on any atom is -0.493 e. The Hall–Kier alpha value is -4.94. The van der Waals surface area contributed by atoms with E-state index in [0.29, 0.717) is 81.2 Å². The molecule has 0 aliphatic carbocycles. The van der Waals surface area contributed by atoms with E-state index < -0.39 is 12.1 Å². The van der Waals surface area contributed by atoms with Crippen LogP contribution in [0.2, 0.25) is 0 Å². The van der Waals surface area contributed by atoms with Crippen LogP contribution in [0.15, 0.2) is 48.7 Å². The number of ether oxygens (including phenoxy) is 2. The molecule has 4 bridgehead atoms. The van der Waals surface area contributed by atoms with Gasteiger partial charge in [-0.25, -0.2) is 4.39 Å². The summed E-state index contributed by atoms with van der Waals surface area (Å²) in [7, 11) is 1.55. The highest BCUT2D eigenvalue weighted by atomic mass is 19.1. The van der Waals surface area contributed by atoms with Gasteiger partial charge in [-0.1, -0.05) is 25.1 Å². The van der Waals surface area contributed by atoms with Gasteiger partial charge < -0.3 is 29.9 Å². The standard InChI is InChI=1S/C38H49FN6O6/c1-4-18-44-25-31(26(2)42-44)38(49)45-24-30-23-32(45)37(48)41-16-5-6-19-43(36(47)22-28-8-12-29(39)13-9-28)20-7-17-40-35(46)15-11-27-10-14-33(51-30)34(21-27)50-3/h8-10,12-14,21,25,30,32H,4-7,11,15-20,22-24H2,1-3H3,(H,40,46)(H,41,48)/t30-,32-/m0/s1. The van der Waals surface area contributed by atoms with Crippen LogP contribution in [0.4, 0.5) is 4.39 Å². The minimum atomic E-state index is -0.758. The Balaban J connectivity index is 1.33. The highest BCUT2D eigenvalue weighted by Gasteiger charge is 2.42. The van der Waals surface area contributed by atoms with E-state index in [9.17, 15) is 23.6 Å². The van der Waals surface area contributed by atoms with Crippen molar-refractivity contribution in [2.24, 2.45) is 0 Å². The summed E-state index contributed by atoms with van der Waals surface area (Å²) in [6.45, 7) is 6.41. The van der Waals surface area contributed by atoms with Crippen LogP contribution in [-0.2, 0) is 33.8 Å². The summed E-state index contributed by atoms with van der Waals surface area (Å²) in [6.07, 6.45) is 5.14. The van der Waals surface area contributed by atoms with E-state index in [4.69, 9.17) is 9.47 Å². The SMILES string of the molecule is CCCn1cc(C(=O)N2C[C@@H]3C[C@H]2C(=O)NCCCCN(C(=O)Cc2ccc(F)cc2)CCCNC(=O)CCc2ccc(c(OC)c2)O3)c(C)n1. The number of aryl methyl sites for hydroxylation is 3. The molecule has 4 heterocycles. The monoisotopic (exact) mass is 704 g/mol. The van der Waals surface area contributed by atoms with Gasteiger partial charge in [0, 0.05) is 51.8 Å². The van der Waals surface area contributed by atoms with Crippen molar-refractivity contribution < 1.29 is 33.0 Å². The molecule has 3 aliphatic rings. The first kappa shape index (κ1) is 37.3. The largest absolute Gasteiger partial charge is 0.493 e. The van der Waals surface area contributed by atoms with E-state index in [2.05, 4.69) is 15.7 Å². The number of fused-ring (bicyclic) bond motifs is 15. The molecule has 51 heavy (non-hydrogen) atoms. The van der Waals surface area contributed by atoms with Gasteiger partial charge in [0.2, 0.25) is 17.7 Å². The molecule has 6 rings (SSSR count). The molecule has 13 heteroatoms. The smallest absolute Gasteiger partial charge is 0.258 e. The molecule has 2 atom stereocenters. The lowest BCUT2D eigenvalue weighted by Crippen LogP contribution is -2.46. The lowest BCUT2D eigenvalue weighted by Gasteiger charge is -2.24. The van der Waals surface area contributed by atoms with E-state index in [1.165, 1.54) is 12.1 Å². The second kappa shape index (κ2) is 17.8. The summed E-state index contributed by atoms with van der Waals surface area (Å²) in [6, 6.07) is 10.7. The Morgan fingerprint density at radius 1 is 1.02 bits per heavy atom. The third-order valence-electron chi connectivity index (χ3n) is 9.32. The maximum absolute atomic E-state index is 13.9. The first-order valence-electron chi connectivity index (χ1n) is 17.9. The Bertz CT molecular complexity index is 1680. The van der Waals surface area contributed by atoms with E-state index in [1.807, 2.05) is 19.1 Å². The van der Waals surface area contributed by atoms with E-state index >= 15 is 0 Å². The molecular weight excluding hydrogens is 655 g/mol. The van der Waals surface area contributed by atoms with Gasteiger partial charge in [-0.05, 0) is 74.4 Å². The zero-order chi connectivity index (χ0) is 36.3. The van der Waals surface area contributed by atoms with Gasteiger partial charge in [0.1, 0.15) is 18.0 Å².